The summed E-state index contributed by atoms with van der Waals surface area (Å²) in [6.45, 7) is 2.70. The minimum atomic E-state index is 0.348. The zero-order valence-electron chi connectivity index (χ0n) is 18.9. The molecule has 2 N–H and O–H groups in total. The van der Waals surface area contributed by atoms with E-state index in [9.17, 15) is 0 Å². The van der Waals surface area contributed by atoms with Gasteiger partial charge < -0.3 is 15.0 Å². The molecule has 4 aromatic rings. The summed E-state index contributed by atoms with van der Waals surface area (Å²) < 4.78 is 6.30. The molecule has 0 spiro atoms. The lowest BCUT2D eigenvalue weighted by molar-refractivity contribution is 0.122. The van der Waals surface area contributed by atoms with E-state index in [1.807, 2.05) is 60.7 Å². The average molecular weight is 530 g/mol. The molecular weight excluding hydrogens is 506 g/mol. The number of halogens is 1. The van der Waals surface area contributed by atoms with Gasteiger partial charge in [-0.15, -0.1) is 0 Å². The van der Waals surface area contributed by atoms with Crippen LogP contribution in [0, 0.1) is 0 Å². The van der Waals surface area contributed by atoms with E-state index in [0.717, 1.165) is 26.5 Å². The van der Waals surface area contributed by atoms with Gasteiger partial charge in [-0.25, -0.2) is 5.43 Å². The van der Waals surface area contributed by atoms with Crippen LogP contribution in [0.1, 0.15) is 5.56 Å². The van der Waals surface area contributed by atoms with Gasteiger partial charge in [0.2, 0.25) is 17.8 Å². The van der Waals surface area contributed by atoms with Crippen LogP contribution in [0.15, 0.2) is 82.4 Å². The van der Waals surface area contributed by atoms with Crippen LogP contribution >= 0.6 is 15.9 Å². The highest BCUT2D eigenvalue weighted by Gasteiger charge is 2.17. The number of allylic oxidation sites excluding steroid dienone is 1. The molecule has 35 heavy (non-hydrogen) atoms. The Balaban J connectivity index is 1.40. The molecule has 0 saturated carbocycles. The van der Waals surface area contributed by atoms with Crippen LogP contribution in [0.5, 0.6) is 0 Å². The number of hydrogen-bond donors (Lipinski definition) is 2. The first-order chi connectivity index (χ1) is 17.2. The van der Waals surface area contributed by atoms with E-state index in [4.69, 9.17) is 4.74 Å². The maximum atomic E-state index is 5.49. The monoisotopic (exact) mass is 529 g/mol. The van der Waals surface area contributed by atoms with E-state index in [0.29, 0.717) is 44.1 Å². The third kappa shape index (κ3) is 6.00. The van der Waals surface area contributed by atoms with E-state index in [2.05, 4.69) is 69.8 Å². The number of hydrogen-bond acceptors (Lipinski definition) is 8. The SMILES string of the molecule is Br/C(C=NNc1nc(Nc2cccc3ccccc23)nc(N2CCOCC2)n1)=C/c1ccccc1. The summed E-state index contributed by atoms with van der Waals surface area (Å²) in [5.41, 5.74) is 4.94. The molecule has 0 bridgehead atoms. The van der Waals surface area contributed by atoms with Crippen molar-refractivity contribution in [2.75, 3.05) is 41.9 Å². The molecule has 0 aliphatic carbocycles. The molecule has 0 atom stereocenters. The van der Waals surface area contributed by atoms with Gasteiger partial charge in [-0.1, -0.05) is 66.7 Å². The molecule has 0 radical (unpaired) electrons. The van der Waals surface area contributed by atoms with Gasteiger partial charge in [-0.05, 0) is 39.0 Å². The fraction of sp³-hybridized carbons (Fsp3) is 0.154. The minimum absolute atomic E-state index is 0.348. The van der Waals surface area contributed by atoms with Crippen molar-refractivity contribution in [3.63, 3.8) is 0 Å². The molecule has 0 amide bonds. The number of benzene rings is 3. The second-order valence-corrected chi connectivity index (χ2v) is 8.76. The molecular formula is C26H24BrN7O. The maximum absolute atomic E-state index is 5.49. The zero-order chi connectivity index (χ0) is 23.9. The number of hydrazone groups is 1. The lowest BCUT2D eigenvalue weighted by atomic mass is 10.1. The molecule has 9 heteroatoms. The largest absolute Gasteiger partial charge is 0.378 e. The molecule has 1 fully saturated rings. The number of ether oxygens (including phenoxy) is 1. The van der Waals surface area contributed by atoms with E-state index >= 15 is 0 Å². The first-order valence-corrected chi connectivity index (χ1v) is 12.1. The van der Waals surface area contributed by atoms with E-state index in [1.54, 1.807) is 6.21 Å². The van der Waals surface area contributed by atoms with E-state index in [-0.39, 0.29) is 0 Å². The van der Waals surface area contributed by atoms with Crippen LogP contribution in [-0.2, 0) is 4.74 Å². The summed E-state index contributed by atoms with van der Waals surface area (Å²) in [5, 5.41) is 9.90. The van der Waals surface area contributed by atoms with Crippen molar-refractivity contribution in [2.45, 2.75) is 0 Å². The van der Waals surface area contributed by atoms with Crippen molar-refractivity contribution >= 4 is 62.5 Å². The molecule has 3 aromatic carbocycles. The Morgan fingerprint density at radius 3 is 2.49 bits per heavy atom. The Kier molecular flexibility index (Phi) is 7.26. The lowest BCUT2D eigenvalue weighted by Gasteiger charge is -2.27. The number of nitrogens with one attached hydrogen (secondary N) is 2. The van der Waals surface area contributed by atoms with Gasteiger partial charge in [0.15, 0.2) is 0 Å². The Bertz CT molecular complexity index is 1350. The molecule has 1 aliphatic rings. The first kappa shape index (κ1) is 22.9. The topological polar surface area (TPSA) is 87.6 Å². The number of anilines is 4. The summed E-state index contributed by atoms with van der Waals surface area (Å²) in [4.78, 5) is 15.9. The van der Waals surface area contributed by atoms with Crippen LogP contribution in [-0.4, -0.2) is 47.5 Å². The van der Waals surface area contributed by atoms with Gasteiger partial charge in [0.1, 0.15) is 0 Å². The highest BCUT2D eigenvalue weighted by molar-refractivity contribution is 9.12. The summed E-state index contributed by atoms with van der Waals surface area (Å²) in [6.07, 6.45) is 3.65. The number of rotatable bonds is 7. The molecule has 176 valence electrons. The fourth-order valence-electron chi connectivity index (χ4n) is 3.73. The Hall–Kier alpha value is -3.82. The standard InChI is InChI=1S/C26H24BrN7O/c27-21(17-19-7-2-1-3-8-19)18-28-33-25-30-24(31-26(32-25)34-13-15-35-16-14-34)29-23-12-6-10-20-9-4-5-11-22(20)23/h1-12,17-18H,13-16H2,(H2,29,30,31,32,33)/b21-17+,28-18?. The van der Waals surface area contributed by atoms with Gasteiger partial charge >= 0.3 is 0 Å². The van der Waals surface area contributed by atoms with Gasteiger partial charge in [-0.3, -0.25) is 0 Å². The number of nitrogens with zero attached hydrogens (tertiary/aromatic N) is 5. The lowest BCUT2D eigenvalue weighted by Crippen LogP contribution is -2.37. The van der Waals surface area contributed by atoms with Crippen LogP contribution < -0.4 is 15.6 Å². The summed E-state index contributed by atoms with van der Waals surface area (Å²) in [5.74, 6) is 1.36. The average Bonchev–Trinajstić information content (AvgIpc) is 2.90. The minimum Gasteiger partial charge on any atom is -0.378 e. The Labute approximate surface area is 211 Å². The second-order valence-electron chi connectivity index (χ2n) is 7.84. The maximum Gasteiger partial charge on any atom is 0.250 e. The van der Waals surface area contributed by atoms with Gasteiger partial charge in [0.25, 0.3) is 0 Å². The molecule has 2 heterocycles. The van der Waals surface area contributed by atoms with Gasteiger partial charge in [0.05, 0.1) is 19.4 Å². The van der Waals surface area contributed by atoms with Crippen molar-refractivity contribution in [2.24, 2.45) is 5.10 Å². The van der Waals surface area contributed by atoms with Crippen LogP contribution in [0.3, 0.4) is 0 Å². The number of fused-ring (bicyclic) bond motifs is 1. The normalized spacial score (nSPS) is 14.4. The molecule has 5 rings (SSSR count). The van der Waals surface area contributed by atoms with Crippen molar-refractivity contribution in [1.82, 2.24) is 15.0 Å². The molecule has 1 aliphatic heterocycles. The molecule has 8 nitrogen and oxygen atoms in total. The van der Waals surface area contributed by atoms with E-state index in [1.165, 1.54) is 0 Å². The van der Waals surface area contributed by atoms with Crippen LogP contribution in [0.4, 0.5) is 23.5 Å². The third-order valence-corrected chi connectivity index (χ3v) is 5.84. The predicted octanol–water partition coefficient (Wildman–Crippen LogP) is 5.44. The van der Waals surface area contributed by atoms with E-state index < -0.39 is 0 Å². The predicted molar refractivity (Wildman–Crippen MR) is 146 cm³/mol. The summed E-state index contributed by atoms with van der Waals surface area (Å²) in [6, 6.07) is 24.3. The molecule has 1 aromatic heterocycles. The third-order valence-electron chi connectivity index (χ3n) is 5.41. The summed E-state index contributed by atoms with van der Waals surface area (Å²) in [7, 11) is 0. The smallest absolute Gasteiger partial charge is 0.250 e. The Morgan fingerprint density at radius 1 is 0.886 bits per heavy atom. The zero-order valence-corrected chi connectivity index (χ0v) is 20.5. The fourth-order valence-corrected chi connectivity index (χ4v) is 4.09. The van der Waals surface area contributed by atoms with Gasteiger partial charge in [-0.2, -0.15) is 20.1 Å². The number of aromatic nitrogens is 3. The van der Waals surface area contributed by atoms with Gasteiger partial charge in [0, 0.05) is 28.6 Å². The van der Waals surface area contributed by atoms with Crippen LogP contribution in [0.2, 0.25) is 0 Å². The number of morpholine rings is 1. The molecule has 1 saturated heterocycles. The Morgan fingerprint density at radius 2 is 1.63 bits per heavy atom. The highest BCUT2D eigenvalue weighted by Crippen LogP contribution is 2.26. The van der Waals surface area contributed by atoms with Crippen molar-refractivity contribution in [1.29, 1.82) is 0 Å². The summed E-state index contributed by atoms with van der Waals surface area (Å²) >= 11 is 3.53. The molecule has 0 unspecified atom stereocenters. The quantitative estimate of drug-likeness (QED) is 0.243. The van der Waals surface area contributed by atoms with Crippen molar-refractivity contribution in [3.05, 3.63) is 82.8 Å². The van der Waals surface area contributed by atoms with Crippen LogP contribution in [0.25, 0.3) is 16.8 Å². The first-order valence-electron chi connectivity index (χ1n) is 11.3. The van der Waals surface area contributed by atoms with Crippen molar-refractivity contribution < 1.29 is 4.74 Å². The highest BCUT2D eigenvalue weighted by atomic mass is 79.9. The van der Waals surface area contributed by atoms with Crippen molar-refractivity contribution in [3.8, 4) is 0 Å². The second kappa shape index (κ2) is 11.1.